The first-order valence-electron chi connectivity index (χ1n) is 6.90. The Morgan fingerprint density at radius 2 is 1.29 bits per heavy atom. The van der Waals surface area contributed by atoms with Crippen LogP contribution >= 0.6 is 0 Å². The fourth-order valence-electron chi connectivity index (χ4n) is 2.38. The van der Waals surface area contributed by atoms with E-state index >= 15 is 0 Å². The van der Waals surface area contributed by atoms with Crippen molar-refractivity contribution in [2.75, 3.05) is 0 Å². The van der Waals surface area contributed by atoms with Gasteiger partial charge in [-0.05, 0) is 6.42 Å². The van der Waals surface area contributed by atoms with Gasteiger partial charge in [0.1, 0.15) is 0 Å². The molecule has 4 heteroatoms. The zero-order chi connectivity index (χ0) is 15.1. The zero-order valence-electron chi connectivity index (χ0n) is 11.6. The molecule has 2 rings (SSSR count). The molecule has 0 saturated heterocycles. The molecule has 0 spiro atoms. The smallest absolute Gasteiger partial charge is 0.167 e. The van der Waals surface area contributed by atoms with Gasteiger partial charge in [-0.25, -0.2) is 0 Å². The van der Waals surface area contributed by atoms with Crippen LogP contribution in [-0.2, 0) is 0 Å². The summed E-state index contributed by atoms with van der Waals surface area (Å²) in [6.45, 7) is 0.116. The highest BCUT2D eigenvalue weighted by Gasteiger charge is 2.22. The highest BCUT2D eigenvalue weighted by atomic mass is 19.4. The van der Waals surface area contributed by atoms with E-state index in [0.29, 0.717) is 18.8 Å². The topological polar surface area (TPSA) is 0 Å². The summed E-state index contributed by atoms with van der Waals surface area (Å²) in [5.41, 5.74) is 2.26. The Morgan fingerprint density at radius 3 is 1.71 bits per heavy atom. The Hall–Kier alpha value is -1.97. The molecule has 0 aromatic heterocycles. The third-order valence-electron chi connectivity index (χ3n) is 3.33. The lowest BCUT2D eigenvalue weighted by Gasteiger charge is -2.13. The van der Waals surface area contributed by atoms with Crippen LogP contribution in [0.1, 0.15) is 6.42 Å². The van der Waals surface area contributed by atoms with Crippen LogP contribution in [0.3, 0.4) is 0 Å². The predicted molar refractivity (Wildman–Crippen MR) is 82.5 cm³/mol. The summed E-state index contributed by atoms with van der Waals surface area (Å²) < 4.78 is 36.4. The second-order valence-corrected chi connectivity index (χ2v) is 4.90. The molecule has 0 aliphatic heterocycles. The average molecular weight is 288 g/mol. The fourth-order valence-corrected chi connectivity index (χ4v) is 2.38. The average Bonchev–Trinajstić information content (AvgIpc) is 2.48. The Bertz CT molecular complexity index is 522. The third kappa shape index (κ3) is 5.14. The standard InChI is InChI=1S/C17H16BF3/c19-17(20,21)13-7-8-14-18(15-9-3-1-4-10-15)16-11-5-2-6-12-16/h1-7,9-13H,8,14H2. The van der Waals surface area contributed by atoms with Crippen molar-refractivity contribution in [1.29, 1.82) is 0 Å². The molecule has 0 amide bonds. The second kappa shape index (κ2) is 7.16. The number of benzene rings is 2. The van der Waals surface area contributed by atoms with Gasteiger partial charge in [0.15, 0.2) is 0 Å². The number of halogens is 3. The third-order valence-corrected chi connectivity index (χ3v) is 3.33. The Balaban J connectivity index is 2.13. The number of hydrogen-bond acceptors (Lipinski definition) is 0. The van der Waals surface area contributed by atoms with Gasteiger partial charge in [0.25, 0.3) is 0 Å². The molecule has 0 unspecified atom stereocenters. The molecule has 0 N–H and O–H groups in total. The Kier molecular flexibility index (Phi) is 5.26. The van der Waals surface area contributed by atoms with Crippen molar-refractivity contribution < 1.29 is 13.2 Å². The van der Waals surface area contributed by atoms with E-state index in [4.69, 9.17) is 0 Å². The van der Waals surface area contributed by atoms with E-state index in [1.165, 1.54) is 6.08 Å². The first kappa shape index (κ1) is 15.4. The Labute approximate surface area is 123 Å². The quantitative estimate of drug-likeness (QED) is 0.580. The molecule has 0 nitrogen and oxygen atoms in total. The maximum absolute atomic E-state index is 12.1. The summed E-state index contributed by atoms with van der Waals surface area (Å²) in [7, 11) is 0. The van der Waals surface area contributed by atoms with Gasteiger partial charge >= 0.3 is 6.18 Å². The van der Waals surface area contributed by atoms with Crippen molar-refractivity contribution in [3.63, 3.8) is 0 Å². The lowest BCUT2D eigenvalue weighted by atomic mass is 9.38. The summed E-state index contributed by atoms with van der Waals surface area (Å²) in [5.74, 6) is 0. The van der Waals surface area contributed by atoms with Gasteiger partial charge in [-0.2, -0.15) is 13.2 Å². The van der Waals surface area contributed by atoms with Crippen LogP contribution in [0.4, 0.5) is 13.2 Å². The van der Waals surface area contributed by atoms with Gasteiger partial charge in [-0.1, -0.05) is 84.0 Å². The van der Waals surface area contributed by atoms with E-state index in [1.54, 1.807) is 0 Å². The molecule has 0 radical (unpaired) electrons. The van der Waals surface area contributed by atoms with Crippen LogP contribution in [0, 0.1) is 0 Å². The molecule has 0 aliphatic carbocycles. The first-order chi connectivity index (χ1) is 10.1. The lowest BCUT2D eigenvalue weighted by Crippen LogP contribution is -2.41. The molecule has 2 aromatic carbocycles. The Morgan fingerprint density at radius 1 is 0.810 bits per heavy atom. The van der Waals surface area contributed by atoms with E-state index in [-0.39, 0.29) is 6.71 Å². The monoisotopic (exact) mass is 288 g/mol. The minimum Gasteiger partial charge on any atom is -0.167 e. The van der Waals surface area contributed by atoms with E-state index in [0.717, 1.165) is 10.9 Å². The fraction of sp³-hybridized carbons (Fsp3) is 0.176. The molecule has 0 saturated carbocycles. The highest BCUT2D eigenvalue weighted by Crippen LogP contribution is 2.16. The van der Waals surface area contributed by atoms with Crippen molar-refractivity contribution in [3.05, 3.63) is 72.8 Å². The first-order valence-corrected chi connectivity index (χ1v) is 6.90. The van der Waals surface area contributed by atoms with E-state index in [1.807, 2.05) is 60.7 Å². The van der Waals surface area contributed by atoms with Crippen molar-refractivity contribution in [2.24, 2.45) is 0 Å². The molecular formula is C17H16BF3. The molecule has 0 aliphatic rings. The van der Waals surface area contributed by atoms with Crippen molar-refractivity contribution >= 4 is 17.6 Å². The normalized spacial score (nSPS) is 11.8. The summed E-state index contributed by atoms with van der Waals surface area (Å²) in [4.78, 5) is 0. The number of rotatable bonds is 5. The van der Waals surface area contributed by atoms with E-state index < -0.39 is 6.18 Å². The van der Waals surface area contributed by atoms with Gasteiger partial charge in [-0.3, -0.25) is 0 Å². The predicted octanol–water partition coefficient (Wildman–Crippen LogP) is 3.80. The van der Waals surface area contributed by atoms with Crippen LogP contribution in [-0.4, -0.2) is 12.9 Å². The summed E-state index contributed by atoms with van der Waals surface area (Å²) in [6.07, 6.45) is -1.65. The van der Waals surface area contributed by atoms with Gasteiger partial charge in [0.05, 0.1) is 0 Å². The second-order valence-electron chi connectivity index (χ2n) is 4.90. The molecule has 21 heavy (non-hydrogen) atoms. The lowest BCUT2D eigenvalue weighted by molar-refractivity contribution is -0.0800. The molecule has 0 atom stereocenters. The van der Waals surface area contributed by atoms with Crippen LogP contribution in [0.15, 0.2) is 72.8 Å². The number of alkyl halides is 3. The molecular weight excluding hydrogens is 272 g/mol. The van der Waals surface area contributed by atoms with Crippen molar-refractivity contribution in [1.82, 2.24) is 0 Å². The summed E-state index contributed by atoms with van der Waals surface area (Å²) in [6, 6.07) is 19.8. The van der Waals surface area contributed by atoms with Crippen LogP contribution in [0.5, 0.6) is 0 Å². The van der Waals surface area contributed by atoms with Crippen LogP contribution in [0.25, 0.3) is 0 Å². The molecule has 0 bridgehead atoms. The van der Waals surface area contributed by atoms with Gasteiger partial charge in [-0.15, -0.1) is 0 Å². The van der Waals surface area contributed by atoms with Crippen LogP contribution in [0.2, 0.25) is 6.32 Å². The SMILES string of the molecule is FC(F)(F)C=CCCB(c1ccccc1)c1ccccc1. The van der Waals surface area contributed by atoms with Crippen molar-refractivity contribution in [3.8, 4) is 0 Å². The number of allylic oxidation sites excluding steroid dienone is 2. The maximum atomic E-state index is 12.1. The maximum Gasteiger partial charge on any atom is 0.409 e. The molecule has 2 aromatic rings. The minimum absolute atomic E-state index is 0.116. The highest BCUT2D eigenvalue weighted by molar-refractivity contribution is 6.85. The van der Waals surface area contributed by atoms with E-state index in [9.17, 15) is 13.2 Å². The van der Waals surface area contributed by atoms with E-state index in [2.05, 4.69) is 0 Å². The largest absolute Gasteiger partial charge is 0.409 e. The van der Waals surface area contributed by atoms with Gasteiger partial charge < -0.3 is 0 Å². The molecule has 0 heterocycles. The van der Waals surface area contributed by atoms with Gasteiger partial charge in [0, 0.05) is 6.08 Å². The molecule has 108 valence electrons. The summed E-state index contributed by atoms with van der Waals surface area (Å²) in [5, 5.41) is 0. The van der Waals surface area contributed by atoms with Crippen molar-refractivity contribution in [2.45, 2.75) is 18.9 Å². The van der Waals surface area contributed by atoms with Gasteiger partial charge in [0.2, 0.25) is 6.71 Å². The minimum atomic E-state index is -4.23. The zero-order valence-corrected chi connectivity index (χ0v) is 11.6. The summed E-state index contributed by atoms with van der Waals surface area (Å²) >= 11 is 0. The van der Waals surface area contributed by atoms with Crippen LogP contribution < -0.4 is 10.9 Å². The molecule has 0 fully saturated rings. The number of hydrogen-bond donors (Lipinski definition) is 0.